The van der Waals surface area contributed by atoms with Gasteiger partial charge in [0.1, 0.15) is 10.6 Å². The van der Waals surface area contributed by atoms with Crippen LogP contribution in [0.25, 0.3) is 0 Å². The molecule has 1 atom stereocenters. The Kier molecular flexibility index (Phi) is 9.55. The number of pyridine rings is 1. The van der Waals surface area contributed by atoms with E-state index in [0.29, 0.717) is 24.9 Å². The number of para-hydroxylation sites is 1. The molecule has 1 aromatic heterocycles. The maximum absolute atomic E-state index is 15.3. The summed E-state index contributed by atoms with van der Waals surface area (Å²) in [5.74, 6) is 0.325. The van der Waals surface area contributed by atoms with Gasteiger partial charge in [0, 0.05) is 31.9 Å². The lowest BCUT2D eigenvalue weighted by molar-refractivity contribution is -0.125. The molecular weight excluding hydrogens is 644 g/mol. The average Bonchev–Trinajstić information content (AvgIpc) is 3.39. The third kappa shape index (κ3) is 5.76. The smallest absolute Gasteiger partial charge is 0.321 e. The number of amides is 3. The lowest BCUT2D eigenvalue weighted by Gasteiger charge is -2.44. The van der Waals surface area contributed by atoms with Crippen LogP contribution in [0.1, 0.15) is 49.3 Å². The van der Waals surface area contributed by atoms with Crippen LogP contribution in [0, 0.1) is 23.2 Å². The van der Waals surface area contributed by atoms with Crippen molar-refractivity contribution in [2.45, 2.75) is 43.0 Å². The molecule has 13 heteroatoms. The van der Waals surface area contributed by atoms with Gasteiger partial charge in [-0.05, 0) is 107 Å². The summed E-state index contributed by atoms with van der Waals surface area (Å²) in [5, 5.41) is 9.97. The molecule has 0 radical (unpaired) electrons. The highest BCUT2D eigenvalue weighted by molar-refractivity contribution is 7.93. The van der Waals surface area contributed by atoms with Gasteiger partial charge in [-0.1, -0.05) is 12.1 Å². The highest BCUT2D eigenvalue weighted by atomic mass is 32.2. The molecule has 2 saturated heterocycles. The number of hydrogen-bond acceptors (Lipinski definition) is 9. The van der Waals surface area contributed by atoms with Gasteiger partial charge in [0.2, 0.25) is 5.88 Å². The van der Waals surface area contributed by atoms with Crippen LogP contribution >= 0.6 is 0 Å². The van der Waals surface area contributed by atoms with Crippen LogP contribution in [0.3, 0.4) is 0 Å². The summed E-state index contributed by atoms with van der Waals surface area (Å²) < 4.78 is 41.2. The minimum atomic E-state index is -4.62. The number of nitriles is 1. The zero-order valence-electron chi connectivity index (χ0n) is 28.3. The highest BCUT2D eigenvalue weighted by Gasteiger charge is 2.62. The summed E-state index contributed by atoms with van der Waals surface area (Å²) in [6, 6.07) is 15.3. The summed E-state index contributed by atoms with van der Waals surface area (Å²) in [4.78, 5) is 39.6. The summed E-state index contributed by atoms with van der Waals surface area (Å²) in [7, 11) is 0.389. The first-order valence-electron chi connectivity index (χ1n) is 16.7. The van der Waals surface area contributed by atoms with Gasteiger partial charge in [-0.15, -0.1) is 0 Å². The molecule has 4 heterocycles. The Morgan fingerprint density at radius 3 is 2.35 bits per heavy atom. The quantitative estimate of drug-likeness (QED) is 0.337. The lowest BCUT2D eigenvalue weighted by Crippen LogP contribution is -2.59. The molecular formula is C36H42N6O6S. The van der Waals surface area contributed by atoms with Gasteiger partial charge in [-0.2, -0.15) is 9.57 Å². The minimum Gasteiger partial charge on any atom is -0.495 e. The molecule has 12 nitrogen and oxygen atoms in total. The lowest BCUT2D eigenvalue weighted by atomic mass is 9.79. The van der Waals surface area contributed by atoms with Crippen molar-refractivity contribution in [1.82, 2.24) is 19.7 Å². The van der Waals surface area contributed by atoms with E-state index in [-0.39, 0.29) is 45.5 Å². The number of fused-ring (bicyclic) bond motifs is 1. The molecule has 3 aliphatic heterocycles. The van der Waals surface area contributed by atoms with Crippen molar-refractivity contribution in [1.29, 1.82) is 5.26 Å². The Hall–Kier alpha value is -4.67. The van der Waals surface area contributed by atoms with Gasteiger partial charge in [0.15, 0.2) is 5.54 Å². The number of benzene rings is 2. The average molecular weight is 687 g/mol. The molecule has 49 heavy (non-hydrogen) atoms. The fourth-order valence-electron chi connectivity index (χ4n) is 7.71. The second-order valence-corrected chi connectivity index (χ2v) is 14.6. The molecule has 0 bridgehead atoms. The Labute approximate surface area is 287 Å². The van der Waals surface area contributed by atoms with E-state index in [1.54, 1.807) is 36.1 Å². The fourth-order valence-corrected chi connectivity index (χ4v) is 9.34. The van der Waals surface area contributed by atoms with Gasteiger partial charge < -0.3 is 24.2 Å². The number of ether oxygens (including phenoxy) is 2. The van der Waals surface area contributed by atoms with Crippen LogP contribution in [0.2, 0.25) is 0 Å². The van der Waals surface area contributed by atoms with Crippen LogP contribution in [0.5, 0.6) is 11.6 Å². The maximum Gasteiger partial charge on any atom is 0.321 e. The van der Waals surface area contributed by atoms with Crippen molar-refractivity contribution in [2.75, 3.05) is 58.3 Å². The van der Waals surface area contributed by atoms with Crippen LogP contribution in [0.15, 0.2) is 65.7 Å². The number of likely N-dealkylation sites (tertiary alicyclic amines) is 2. The molecule has 0 saturated carbocycles. The topological polar surface area (TPSA) is 136 Å². The van der Waals surface area contributed by atoms with Crippen molar-refractivity contribution in [2.24, 2.45) is 11.8 Å². The number of methoxy groups -OCH3 is 1. The zero-order valence-corrected chi connectivity index (χ0v) is 29.1. The van der Waals surface area contributed by atoms with Crippen molar-refractivity contribution in [3.8, 4) is 17.7 Å². The van der Waals surface area contributed by atoms with Crippen LogP contribution in [0.4, 0.5) is 10.5 Å². The van der Waals surface area contributed by atoms with E-state index in [1.807, 2.05) is 0 Å². The normalized spacial score (nSPS) is 20.5. The number of rotatable bonds is 8. The Bertz CT molecular complexity index is 1880. The number of piperidine rings is 2. The number of sulfonamides is 1. The number of hydrogen-bond donors (Lipinski definition) is 0. The maximum atomic E-state index is 15.3. The molecule has 2 aromatic carbocycles. The van der Waals surface area contributed by atoms with Gasteiger partial charge in [-0.25, -0.2) is 18.2 Å². The number of nitrogens with zero attached hydrogens (tertiary/aromatic N) is 6. The third-order valence-corrected chi connectivity index (χ3v) is 12.0. The molecule has 0 aliphatic carbocycles. The first-order valence-corrected chi connectivity index (χ1v) is 18.1. The predicted octanol–water partition coefficient (Wildman–Crippen LogP) is 4.45. The first-order chi connectivity index (χ1) is 23.6. The van der Waals surface area contributed by atoms with Gasteiger partial charge in [0.25, 0.3) is 15.9 Å². The number of carbonyl (C=O) groups excluding carboxylic acids is 2. The number of urea groups is 1. The molecule has 2 fully saturated rings. The summed E-state index contributed by atoms with van der Waals surface area (Å²) in [5.41, 5.74) is -1.51. The van der Waals surface area contributed by atoms with E-state index in [1.165, 1.54) is 55.6 Å². The largest absolute Gasteiger partial charge is 0.495 e. The predicted molar refractivity (Wildman–Crippen MR) is 183 cm³/mol. The van der Waals surface area contributed by atoms with E-state index in [0.717, 1.165) is 43.1 Å². The number of anilines is 1. The van der Waals surface area contributed by atoms with Crippen LogP contribution < -0.4 is 13.8 Å². The SMILES string of the molecule is CCOc1ncccc1C1(N(C)C(=O)N2CCC(C3CCN(C)CC3)CC2)C(=O)N(S(=O)(=O)c2ccccc2OC)c2ccc(C#N)cc21. The summed E-state index contributed by atoms with van der Waals surface area (Å²) >= 11 is 0. The van der Waals surface area contributed by atoms with E-state index in [2.05, 4.69) is 23.0 Å². The molecule has 0 N–H and O–H groups in total. The first kappa shape index (κ1) is 34.2. The number of carbonyl (C=O) groups is 2. The van der Waals surface area contributed by atoms with E-state index in [4.69, 9.17) is 9.47 Å². The Morgan fingerprint density at radius 1 is 1.02 bits per heavy atom. The summed E-state index contributed by atoms with van der Waals surface area (Å²) in [6.07, 6.45) is 5.48. The summed E-state index contributed by atoms with van der Waals surface area (Å²) in [6.45, 7) is 5.12. The van der Waals surface area contributed by atoms with Crippen LogP contribution in [-0.2, 0) is 20.4 Å². The molecule has 3 aliphatic rings. The Morgan fingerprint density at radius 2 is 1.69 bits per heavy atom. The van der Waals surface area contributed by atoms with Crippen molar-refractivity contribution in [3.05, 3.63) is 77.5 Å². The van der Waals surface area contributed by atoms with E-state index in [9.17, 15) is 18.5 Å². The Balaban J connectivity index is 1.48. The molecule has 0 spiro atoms. The van der Waals surface area contributed by atoms with E-state index >= 15 is 4.79 Å². The van der Waals surface area contributed by atoms with Gasteiger partial charge in [-0.3, -0.25) is 4.79 Å². The second-order valence-electron chi connectivity index (χ2n) is 12.9. The number of aromatic nitrogens is 1. The van der Waals surface area contributed by atoms with Gasteiger partial charge >= 0.3 is 6.03 Å². The minimum absolute atomic E-state index is 0.0156. The third-order valence-electron chi connectivity index (χ3n) is 10.3. The standard InChI is InChI=1S/C36H42N6O6S/c1-5-48-33-28(9-8-18-38-33)36(40(3)35(44)41-21-16-27(17-22-41)26-14-19-39(2)20-15-26)29-23-25(24-37)12-13-30(29)42(34(36)43)49(45,46)32-11-7-6-10-31(32)47-4/h6-13,18,23,26-27H,5,14-17,19-22H2,1-4H3. The highest BCUT2D eigenvalue weighted by Crippen LogP contribution is 2.52. The molecule has 6 rings (SSSR count). The molecule has 1 unspecified atom stereocenters. The molecule has 3 aromatic rings. The van der Waals surface area contributed by atoms with Crippen molar-refractivity contribution >= 4 is 27.6 Å². The monoisotopic (exact) mass is 686 g/mol. The van der Waals surface area contributed by atoms with Gasteiger partial charge in [0.05, 0.1) is 36.6 Å². The van der Waals surface area contributed by atoms with Crippen molar-refractivity contribution < 1.29 is 27.5 Å². The molecule has 258 valence electrons. The molecule has 3 amide bonds. The van der Waals surface area contributed by atoms with Crippen molar-refractivity contribution in [3.63, 3.8) is 0 Å². The van der Waals surface area contributed by atoms with E-state index < -0.39 is 27.5 Å². The number of likely N-dealkylation sites (N-methyl/N-ethyl adjacent to an activating group) is 1. The zero-order chi connectivity index (χ0) is 34.9. The van der Waals surface area contributed by atoms with Crippen LogP contribution in [-0.4, -0.2) is 94.0 Å². The fraction of sp³-hybridized carbons (Fsp3) is 0.444. The second kappa shape index (κ2) is 13.7.